The lowest BCUT2D eigenvalue weighted by Gasteiger charge is -2.28. The lowest BCUT2D eigenvalue weighted by Crippen LogP contribution is -2.46. The molecule has 1 saturated carbocycles. The van der Waals surface area contributed by atoms with Gasteiger partial charge in [-0.05, 0) is 25.0 Å². The number of nitro benzene ring substituents is 1. The Labute approximate surface area is 126 Å². The zero-order valence-electron chi connectivity index (χ0n) is 11.2. The molecule has 1 aromatic carbocycles. The number of anilines is 1. The number of nitrogens with zero attached hydrogens (tertiary/aromatic N) is 1. The zero-order valence-corrected chi connectivity index (χ0v) is 12.0. The molecule has 8 heteroatoms. The minimum absolute atomic E-state index is 0.00802. The number of nitro groups is 1. The number of carbonyl (C=O) groups excluding carboxylic acids is 1. The van der Waals surface area contributed by atoms with E-state index < -0.39 is 17.1 Å². The summed E-state index contributed by atoms with van der Waals surface area (Å²) in [5.41, 5.74) is 0.000988. The molecule has 7 nitrogen and oxygen atoms in total. The third kappa shape index (κ3) is 4.05. The summed E-state index contributed by atoms with van der Waals surface area (Å²) in [5.74, 6) is 0. The number of hydrogen-bond donors (Lipinski definition) is 3. The van der Waals surface area contributed by atoms with Gasteiger partial charge >= 0.3 is 6.03 Å². The predicted octanol–water partition coefficient (Wildman–Crippen LogP) is 2.67. The van der Waals surface area contributed by atoms with Gasteiger partial charge in [0.2, 0.25) is 0 Å². The molecule has 1 fully saturated rings. The van der Waals surface area contributed by atoms with Crippen molar-refractivity contribution in [3.63, 3.8) is 0 Å². The SMILES string of the molecule is O=C(Nc1ccc(Cl)c([N+](=O)[O-])c1)NC1CCCCC1O. The molecule has 0 aliphatic heterocycles. The van der Waals surface area contributed by atoms with Gasteiger partial charge in [-0.3, -0.25) is 10.1 Å². The molecule has 2 unspecified atom stereocenters. The second-order valence-corrected chi connectivity index (χ2v) is 5.39. The molecule has 2 rings (SSSR count). The number of halogens is 1. The second kappa shape index (κ2) is 6.73. The van der Waals surface area contributed by atoms with Crippen LogP contribution in [0.2, 0.25) is 5.02 Å². The zero-order chi connectivity index (χ0) is 15.4. The maximum absolute atomic E-state index is 11.9. The number of rotatable bonds is 3. The first-order valence-electron chi connectivity index (χ1n) is 6.67. The van der Waals surface area contributed by atoms with Crippen molar-refractivity contribution in [3.8, 4) is 0 Å². The van der Waals surface area contributed by atoms with E-state index in [1.165, 1.54) is 18.2 Å². The highest BCUT2D eigenvalue weighted by Crippen LogP contribution is 2.27. The van der Waals surface area contributed by atoms with E-state index in [-0.39, 0.29) is 22.4 Å². The summed E-state index contributed by atoms with van der Waals surface area (Å²) >= 11 is 5.70. The van der Waals surface area contributed by atoms with E-state index >= 15 is 0 Å². The number of aliphatic hydroxyl groups excluding tert-OH is 1. The van der Waals surface area contributed by atoms with Gasteiger partial charge in [-0.1, -0.05) is 24.4 Å². The standard InChI is InChI=1S/C13H16ClN3O4/c14-9-6-5-8(7-11(9)17(20)21)15-13(19)16-10-3-1-2-4-12(10)18/h5-7,10,12,18H,1-4H2,(H2,15,16,19). The first-order valence-corrected chi connectivity index (χ1v) is 7.04. The van der Waals surface area contributed by atoms with E-state index in [1.807, 2.05) is 0 Å². The van der Waals surface area contributed by atoms with Crippen molar-refractivity contribution in [1.82, 2.24) is 5.32 Å². The number of hydrogen-bond acceptors (Lipinski definition) is 4. The number of benzene rings is 1. The minimum Gasteiger partial charge on any atom is -0.391 e. The van der Waals surface area contributed by atoms with Crippen LogP contribution in [-0.4, -0.2) is 28.2 Å². The normalized spacial score (nSPS) is 21.6. The smallest absolute Gasteiger partial charge is 0.319 e. The van der Waals surface area contributed by atoms with Crippen molar-refractivity contribution in [2.75, 3.05) is 5.32 Å². The average Bonchev–Trinajstić information content (AvgIpc) is 2.43. The highest BCUT2D eigenvalue weighted by atomic mass is 35.5. The van der Waals surface area contributed by atoms with Crippen molar-refractivity contribution in [1.29, 1.82) is 0 Å². The molecule has 0 spiro atoms. The summed E-state index contributed by atoms with van der Waals surface area (Å²) in [7, 11) is 0. The molecule has 0 heterocycles. The van der Waals surface area contributed by atoms with Crippen LogP contribution in [0, 0.1) is 10.1 Å². The van der Waals surface area contributed by atoms with Gasteiger partial charge in [0, 0.05) is 11.8 Å². The molecule has 0 bridgehead atoms. The van der Waals surface area contributed by atoms with E-state index in [1.54, 1.807) is 0 Å². The average molecular weight is 314 g/mol. The Balaban J connectivity index is 1.99. The van der Waals surface area contributed by atoms with E-state index in [0.29, 0.717) is 6.42 Å². The number of amides is 2. The molecule has 21 heavy (non-hydrogen) atoms. The Bertz CT molecular complexity index is 552. The third-order valence-electron chi connectivity index (χ3n) is 3.45. The molecule has 114 valence electrons. The van der Waals surface area contributed by atoms with E-state index in [4.69, 9.17) is 11.6 Å². The van der Waals surface area contributed by atoms with Crippen LogP contribution in [0.4, 0.5) is 16.2 Å². The fraction of sp³-hybridized carbons (Fsp3) is 0.462. The topological polar surface area (TPSA) is 104 Å². The molecule has 2 atom stereocenters. The van der Waals surface area contributed by atoms with Gasteiger partial charge in [-0.2, -0.15) is 0 Å². The summed E-state index contributed by atoms with van der Waals surface area (Å²) < 4.78 is 0. The van der Waals surface area contributed by atoms with E-state index in [0.717, 1.165) is 19.3 Å². The van der Waals surface area contributed by atoms with Crippen molar-refractivity contribution >= 4 is 29.0 Å². The number of carbonyl (C=O) groups is 1. The number of aliphatic hydroxyl groups is 1. The Morgan fingerprint density at radius 2 is 2.10 bits per heavy atom. The fourth-order valence-electron chi connectivity index (χ4n) is 2.35. The van der Waals surface area contributed by atoms with Crippen LogP contribution in [0.3, 0.4) is 0 Å². The summed E-state index contributed by atoms with van der Waals surface area (Å²) in [4.78, 5) is 22.0. The molecule has 0 saturated heterocycles. The molecule has 1 aliphatic carbocycles. The highest BCUT2D eigenvalue weighted by molar-refractivity contribution is 6.32. The summed E-state index contributed by atoms with van der Waals surface area (Å²) in [6, 6.07) is 3.23. The number of nitrogens with one attached hydrogen (secondary N) is 2. The van der Waals surface area contributed by atoms with Crippen LogP contribution in [0.25, 0.3) is 0 Å². The van der Waals surface area contributed by atoms with Crippen molar-refractivity contribution in [3.05, 3.63) is 33.3 Å². The van der Waals surface area contributed by atoms with Gasteiger partial charge < -0.3 is 15.7 Å². The maximum Gasteiger partial charge on any atom is 0.319 e. The van der Waals surface area contributed by atoms with Crippen LogP contribution in [0.5, 0.6) is 0 Å². The van der Waals surface area contributed by atoms with Gasteiger partial charge in [0.05, 0.1) is 17.1 Å². The molecule has 1 aliphatic rings. The Kier molecular flexibility index (Phi) is 4.98. The Hall–Kier alpha value is -1.86. The highest BCUT2D eigenvalue weighted by Gasteiger charge is 2.24. The monoisotopic (exact) mass is 313 g/mol. The first-order chi connectivity index (χ1) is 9.97. The lowest BCUT2D eigenvalue weighted by molar-refractivity contribution is -0.384. The van der Waals surface area contributed by atoms with E-state index in [2.05, 4.69) is 10.6 Å². The first kappa shape index (κ1) is 15.5. The van der Waals surface area contributed by atoms with Crippen molar-refractivity contribution in [2.24, 2.45) is 0 Å². The Morgan fingerprint density at radius 1 is 1.38 bits per heavy atom. The molecular formula is C13H16ClN3O4. The summed E-state index contributed by atoms with van der Waals surface area (Å²) in [6.07, 6.45) is 2.73. The molecular weight excluding hydrogens is 298 g/mol. The van der Waals surface area contributed by atoms with E-state index in [9.17, 15) is 20.0 Å². The van der Waals surface area contributed by atoms with Crippen molar-refractivity contribution < 1.29 is 14.8 Å². The van der Waals surface area contributed by atoms with Crippen molar-refractivity contribution in [2.45, 2.75) is 37.8 Å². The molecule has 2 amide bonds. The summed E-state index contributed by atoms with van der Waals surface area (Å²) in [6.45, 7) is 0. The largest absolute Gasteiger partial charge is 0.391 e. The molecule has 0 radical (unpaired) electrons. The van der Waals surface area contributed by atoms with Gasteiger partial charge in [-0.25, -0.2) is 4.79 Å². The number of urea groups is 1. The maximum atomic E-state index is 11.9. The Morgan fingerprint density at radius 3 is 2.76 bits per heavy atom. The van der Waals surface area contributed by atoms with Crippen LogP contribution in [0.1, 0.15) is 25.7 Å². The quantitative estimate of drug-likeness (QED) is 0.589. The van der Waals surface area contributed by atoms with Crippen LogP contribution >= 0.6 is 11.6 Å². The van der Waals surface area contributed by atoms with Crippen LogP contribution in [-0.2, 0) is 0 Å². The second-order valence-electron chi connectivity index (χ2n) is 4.98. The molecule has 0 aromatic heterocycles. The van der Waals surface area contributed by atoms with Gasteiger partial charge in [0.1, 0.15) is 5.02 Å². The molecule has 1 aromatic rings. The third-order valence-corrected chi connectivity index (χ3v) is 3.77. The van der Waals surface area contributed by atoms with Crippen LogP contribution < -0.4 is 10.6 Å². The fourth-order valence-corrected chi connectivity index (χ4v) is 2.53. The van der Waals surface area contributed by atoms with Gasteiger partial charge in [-0.15, -0.1) is 0 Å². The van der Waals surface area contributed by atoms with Gasteiger partial charge in [0.25, 0.3) is 5.69 Å². The molecule has 3 N–H and O–H groups in total. The lowest BCUT2D eigenvalue weighted by atomic mass is 9.93. The van der Waals surface area contributed by atoms with Crippen LogP contribution in [0.15, 0.2) is 18.2 Å². The predicted molar refractivity (Wildman–Crippen MR) is 78.5 cm³/mol. The van der Waals surface area contributed by atoms with Gasteiger partial charge in [0.15, 0.2) is 0 Å². The minimum atomic E-state index is -0.615. The summed E-state index contributed by atoms with van der Waals surface area (Å²) in [5, 5.41) is 25.8.